The Morgan fingerprint density at radius 1 is 0.872 bits per heavy atom. The van der Waals surface area contributed by atoms with Gasteiger partial charge in [-0.05, 0) is 39.9 Å². The number of carbonyl (C=O) groups excluding carboxylic acids is 1. The normalized spacial score (nSPS) is 19.0. The molecule has 5 nitrogen and oxygen atoms in total. The molecule has 0 saturated carbocycles. The van der Waals surface area contributed by atoms with E-state index >= 15 is 0 Å². The zero-order chi connectivity index (χ0) is 27.0. The van der Waals surface area contributed by atoms with Crippen LogP contribution in [-0.2, 0) is 27.4 Å². The lowest BCUT2D eigenvalue weighted by atomic mass is 9.98. The van der Waals surface area contributed by atoms with Crippen LogP contribution in [0.3, 0.4) is 0 Å². The van der Waals surface area contributed by atoms with Gasteiger partial charge in [0.25, 0.3) is 0 Å². The van der Waals surface area contributed by atoms with Gasteiger partial charge in [0.2, 0.25) is 5.91 Å². The molecule has 0 aromatic heterocycles. The number of carbonyl (C=O) groups is 1. The number of thioether (sulfide) groups is 1. The summed E-state index contributed by atoms with van der Waals surface area (Å²) in [6.07, 6.45) is 0.153. The van der Waals surface area contributed by atoms with Crippen LogP contribution in [-0.4, -0.2) is 22.9 Å². The second-order valence-corrected chi connectivity index (χ2v) is 10.8. The third-order valence-corrected chi connectivity index (χ3v) is 7.98. The van der Waals surface area contributed by atoms with E-state index in [9.17, 15) is 9.90 Å². The number of benzene rings is 4. The summed E-state index contributed by atoms with van der Waals surface area (Å²) in [5, 5.41) is 12.3. The van der Waals surface area contributed by atoms with E-state index in [0.717, 1.165) is 45.6 Å². The fourth-order valence-electron chi connectivity index (χ4n) is 4.72. The first-order valence-electron chi connectivity index (χ1n) is 13.2. The van der Waals surface area contributed by atoms with Crippen LogP contribution in [0.1, 0.15) is 48.0 Å². The molecular weight excluding hydrogens is 506 g/mol. The van der Waals surface area contributed by atoms with Gasteiger partial charge in [0, 0.05) is 36.1 Å². The van der Waals surface area contributed by atoms with Crippen molar-refractivity contribution in [3.63, 3.8) is 0 Å². The van der Waals surface area contributed by atoms with E-state index in [4.69, 9.17) is 9.47 Å². The van der Waals surface area contributed by atoms with Crippen LogP contribution in [0.15, 0.2) is 108 Å². The van der Waals surface area contributed by atoms with Crippen molar-refractivity contribution in [1.82, 2.24) is 5.32 Å². The highest BCUT2D eigenvalue weighted by Crippen LogP contribution is 2.40. The van der Waals surface area contributed by atoms with Crippen molar-refractivity contribution in [3.05, 3.63) is 125 Å². The summed E-state index contributed by atoms with van der Waals surface area (Å²) in [5.74, 6) is 0.774. The molecule has 1 aliphatic heterocycles. The molecule has 4 aromatic carbocycles. The van der Waals surface area contributed by atoms with E-state index in [-0.39, 0.29) is 24.7 Å². The monoisotopic (exact) mass is 539 g/mol. The molecule has 6 heteroatoms. The summed E-state index contributed by atoms with van der Waals surface area (Å²) in [6.45, 7) is 2.04. The quantitative estimate of drug-likeness (QED) is 0.229. The van der Waals surface area contributed by atoms with E-state index in [0.29, 0.717) is 6.54 Å². The molecule has 4 aromatic rings. The number of hydrogen-bond donors (Lipinski definition) is 2. The first-order valence-corrected chi connectivity index (χ1v) is 14.2. The molecule has 5 rings (SSSR count). The first kappa shape index (κ1) is 27.2. The van der Waals surface area contributed by atoms with Crippen molar-refractivity contribution in [2.45, 2.75) is 49.9 Å². The average Bonchev–Trinajstić information content (AvgIpc) is 2.99. The standard InChI is InChI=1S/C33H33NO4S/c1-23(36)34-20-28-7-5-6-10-31(28)25-15-17-27(18-16-25)33-37-29(22-39-30-8-3-2-4-9-30)19-32(38-33)26-13-11-24(21-35)12-14-26/h2-18,29,32-33,35H,19-22H2,1H3,(H,34,36)/t29-,32+,33+/m1/s1. The molecule has 39 heavy (non-hydrogen) atoms. The molecule has 0 aliphatic carbocycles. The van der Waals surface area contributed by atoms with Gasteiger partial charge in [-0.3, -0.25) is 4.79 Å². The molecule has 0 spiro atoms. The highest BCUT2D eigenvalue weighted by atomic mass is 32.2. The Morgan fingerprint density at radius 2 is 1.56 bits per heavy atom. The Balaban J connectivity index is 1.36. The number of hydrogen-bond acceptors (Lipinski definition) is 5. The van der Waals surface area contributed by atoms with Crippen molar-refractivity contribution in [2.75, 3.05) is 5.75 Å². The first-order chi connectivity index (χ1) is 19.1. The zero-order valence-corrected chi connectivity index (χ0v) is 22.8. The average molecular weight is 540 g/mol. The summed E-state index contributed by atoms with van der Waals surface area (Å²) >= 11 is 1.79. The smallest absolute Gasteiger partial charge is 0.217 e. The number of aliphatic hydroxyl groups is 1. The minimum atomic E-state index is -0.494. The Hall–Kier alpha value is -3.42. The van der Waals surface area contributed by atoms with Crippen molar-refractivity contribution in [3.8, 4) is 11.1 Å². The fourth-order valence-corrected chi connectivity index (χ4v) is 5.67. The molecule has 1 heterocycles. The SMILES string of the molecule is CC(=O)NCc1ccccc1-c1ccc([C@H]2O[C@@H](CSc3ccccc3)C[C@@H](c3ccc(CO)cc3)O2)cc1. The number of nitrogens with one attached hydrogen (secondary N) is 1. The molecule has 0 radical (unpaired) electrons. The summed E-state index contributed by atoms with van der Waals surface area (Å²) < 4.78 is 13.0. The Labute approximate surface area is 234 Å². The van der Waals surface area contributed by atoms with E-state index in [1.54, 1.807) is 11.8 Å². The highest BCUT2D eigenvalue weighted by molar-refractivity contribution is 7.99. The van der Waals surface area contributed by atoms with E-state index < -0.39 is 6.29 Å². The summed E-state index contributed by atoms with van der Waals surface area (Å²) in [5.41, 5.74) is 6.15. The van der Waals surface area contributed by atoms with Crippen LogP contribution in [0.25, 0.3) is 11.1 Å². The maximum absolute atomic E-state index is 11.4. The third-order valence-electron chi connectivity index (χ3n) is 6.83. The predicted octanol–water partition coefficient (Wildman–Crippen LogP) is 6.82. The minimum Gasteiger partial charge on any atom is -0.392 e. The predicted molar refractivity (Wildman–Crippen MR) is 155 cm³/mol. The zero-order valence-electron chi connectivity index (χ0n) is 22.0. The number of ether oxygens (including phenoxy) is 2. The van der Waals surface area contributed by atoms with Crippen LogP contribution in [0.2, 0.25) is 0 Å². The number of aliphatic hydroxyl groups excluding tert-OH is 1. The Kier molecular flexibility index (Phi) is 9.12. The summed E-state index contributed by atoms with van der Waals surface area (Å²) in [7, 11) is 0. The van der Waals surface area contributed by atoms with E-state index in [2.05, 4.69) is 59.9 Å². The number of rotatable bonds is 9. The van der Waals surface area contributed by atoms with E-state index in [1.807, 2.05) is 48.5 Å². The van der Waals surface area contributed by atoms with Gasteiger partial charge in [0.1, 0.15) is 0 Å². The van der Waals surface area contributed by atoms with Crippen LogP contribution in [0, 0.1) is 0 Å². The maximum atomic E-state index is 11.4. The van der Waals surface area contributed by atoms with Gasteiger partial charge in [-0.1, -0.05) is 91.0 Å². The summed E-state index contributed by atoms with van der Waals surface area (Å²) in [6, 6.07) is 34.7. The molecule has 1 amide bonds. The topological polar surface area (TPSA) is 67.8 Å². The van der Waals surface area contributed by atoms with E-state index in [1.165, 1.54) is 11.8 Å². The van der Waals surface area contributed by atoms with Gasteiger partial charge in [-0.25, -0.2) is 0 Å². The molecule has 3 atom stereocenters. The molecule has 1 fully saturated rings. The van der Waals surface area contributed by atoms with Crippen LogP contribution in [0.4, 0.5) is 0 Å². The van der Waals surface area contributed by atoms with Crippen LogP contribution in [0.5, 0.6) is 0 Å². The number of amides is 1. The molecular formula is C33H33NO4S. The Bertz CT molecular complexity index is 1360. The van der Waals surface area contributed by atoms with Crippen LogP contribution >= 0.6 is 11.8 Å². The lowest BCUT2D eigenvalue weighted by Gasteiger charge is -2.36. The lowest BCUT2D eigenvalue weighted by molar-refractivity contribution is -0.245. The molecule has 0 bridgehead atoms. The van der Waals surface area contributed by atoms with Crippen molar-refractivity contribution in [2.24, 2.45) is 0 Å². The molecule has 1 aliphatic rings. The second kappa shape index (κ2) is 13.1. The van der Waals surface area contributed by atoms with Gasteiger partial charge < -0.3 is 19.9 Å². The third kappa shape index (κ3) is 7.16. The molecule has 2 N–H and O–H groups in total. The largest absolute Gasteiger partial charge is 0.392 e. The maximum Gasteiger partial charge on any atom is 0.217 e. The highest BCUT2D eigenvalue weighted by Gasteiger charge is 2.32. The molecule has 200 valence electrons. The second-order valence-electron chi connectivity index (χ2n) is 9.66. The Morgan fingerprint density at radius 3 is 2.28 bits per heavy atom. The van der Waals surface area contributed by atoms with Gasteiger partial charge in [-0.2, -0.15) is 0 Å². The van der Waals surface area contributed by atoms with Crippen molar-refractivity contribution >= 4 is 17.7 Å². The summed E-state index contributed by atoms with van der Waals surface area (Å²) in [4.78, 5) is 12.7. The van der Waals surface area contributed by atoms with Gasteiger partial charge in [-0.15, -0.1) is 11.8 Å². The van der Waals surface area contributed by atoms with Gasteiger partial charge in [0.05, 0.1) is 18.8 Å². The molecule has 0 unspecified atom stereocenters. The lowest BCUT2D eigenvalue weighted by Crippen LogP contribution is -2.31. The minimum absolute atomic E-state index is 0.00883. The fraction of sp³-hybridized carbons (Fsp3) is 0.242. The van der Waals surface area contributed by atoms with Crippen LogP contribution < -0.4 is 5.32 Å². The van der Waals surface area contributed by atoms with Crippen molar-refractivity contribution in [1.29, 1.82) is 0 Å². The molecule has 1 saturated heterocycles. The van der Waals surface area contributed by atoms with Gasteiger partial charge in [0.15, 0.2) is 6.29 Å². The van der Waals surface area contributed by atoms with Crippen molar-refractivity contribution < 1.29 is 19.4 Å². The van der Waals surface area contributed by atoms with Gasteiger partial charge >= 0.3 is 0 Å².